The summed E-state index contributed by atoms with van der Waals surface area (Å²) in [5.41, 5.74) is 0.330. The molecule has 0 radical (unpaired) electrons. The van der Waals surface area contributed by atoms with E-state index in [0.29, 0.717) is 24.9 Å². The van der Waals surface area contributed by atoms with Crippen molar-refractivity contribution >= 4 is 23.2 Å². The minimum Gasteiger partial charge on any atom is -0.274 e. The van der Waals surface area contributed by atoms with Crippen LogP contribution < -0.4 is 4.90 Å². The van der Waals surface area contributed by atoms with E-state index in [2.05, 4.69) is 0 Å². The van der Waals surface area contributed by atoms with E-state index in [-0.39, 0.29) is 17.5 Å². The summed E-state index contributed by atoms with van der Waals surface area (Å²) in [6.07, 6.45) is 1.24. The fourth-order valence-corrected chi connectivity index (χ4v) is 1.76. The van der Waals surface area contributed by atoms with E-state index < -0.39 is 4.92 Å². The Bertz CT molecular complexity index is 466. The molecule has 0 aliphatic carbocycles. The highest BCUT2D eigenvalue weighted by Crippen LogP contribution is 2.24. The van der Waals surface area contributed by atoms with E-state index in [9.17, 15) is 19.7 Å². The number of carbonyl (C=O) groups is 2. The smallest absolute Gasteiger partial charge is 0.269 e. The summed E-state index contributed by atoms with van der Waals surface area (Å²) in [5.74, 6) is -0.509. The second-order valence-corrected chi connectivity index (χ2v) is 3.75. The van der Waals surface area contributed by atoms with Gasteiger partial charge in [0.1, 0.15) is 0 Å². The lowest BCUT2D eigenvalue weighted by Gasteiger charge is -2.24. The van der Waals surface area contributed by atoms with Crippen LogP contribution in [-0.4, -0.2) is 16.7 Å². The number of anilines is 1. The third-order valence-corrected chi connectivity index (χ3v) is 2.60. The number of amides is 2. The normalized spacial score (nSPS) is 14.7. The minimum atomic E-state index is -0.524. The molecule has 6 nitrogen and oxygen atoms in total. The van der Waals surface area contributed by atoms with Gasteiger partial charge in [0.2, 0.25) is 11.8 Å². The monoisotopic (exact) mass is 264 g/mol. The lowest BCUT2D eigenvalue weighted by molar-refractivity contribution is -0.384. The Morgan fingerprint density at radius 1 is 1.05 bits per heavy atom. The molecule has 2 rings (SSSR count). The zero-order valence-electron chi connectivity index (χ0n) is 11.0. The number of benzene rings is 1. The topological polar surface area (TPSA) is 80.5 Å². The van der Waals surface area contributed by atoms with Crippen LogP contribution in [0, 0.1) is 10.1 Å². The number of imide groups is 1. The Morgan fingerprint density at radius 3 is 1.95 bits per heavy atom. The molecule has 1 aliphatic rings. The van der Waals surface area contributed by atoms with Crippen LogP contribution in [0.5, 0.6) is 0 Å². The van der Waals surface area contributed by atoms with Gasteiger partial charge in [0.25, 0.3) is 5.69 Å². The molecular weight excluding hydrogens is 248 g/mol. The highest BCUT2D eigenvalue weighted by Gasteiger charge is 2.27. The van der Waals surface area contributed by atoms with Crippen molar-refractivity contribution in [1.82, 2.24) is 0 Å². The van der Waals surface area contributed by atoms with Crippen LogP contribution >= 0.6 is 0 Å². The first-order valence-electron chi connectivity index (χ1n) is 6.20. The van der Waals surface area contributed by atoms with E-state index in [1.165, 1.54) is 24.3 Å². The second kappa shape index (κ2) is 6.63. The number of nitro groups is 1. The van der Waals surface area contributed by atoms with Gasteiger partial charge in [0, 0.05) is 25.0 Å². The van der Waals surface area contributed by atoms with Crippen molar-refractivity contribution in [3.8, 4) is 0 Å². The molecule has 2 amide bonds. The lowest BCUT2D eigenvalue weighted by Crippen LogP contribution is -2.40. The maximum Gasteiger partial charge on any atom is 0.269 e. The molecule has 102 valence electrons. The van der Waals surface area contributed by atoms with Crippen LogP contribution in [0.2, 0.25) is 0 Å². The molecule has 1 heterocycles. The van der Waals surface area contributed by atoms with Crippen LogP contribution in [0.25, 0.3) is 0 Å². The maximum atomic E-state index is 11.6. The number of carbonyl (C=O) groups excluding carboxylic acids is 2. The molecule has 1 aliphatic heterocycles. The minimum absolute atomic E-state index is 0.0642. The zero-order valence-corrected chi connectivity index (χ0v) is 11.0. The van der Waals surface area contributed by atoms with Crippen LogP contribution in [0.3, 0.4) is 0 Å². The Morgan fingerprint density at radius 2 is 1.53 bits per heavy atom. The molecule has 0 bridgehead atoms. The molecule has 1 aromatic carbocycles. The lowest BCUT2D eigenvalue weighted by atomic mass is 10.1. The van der Waals surface area contributed by atoms with Crippen molar-refractivity contribution in [3.05, 3.63) is 34.4 Å². The van der Waals surface area contributed by atoms with Gasteiger partial charge in [-0.1, -0.05) is 13.8 Å². The summed E-state index contributed by atoms with van der Waals surface area (Å²) in [6, 6.07) is 5.40. The van der Waals surface area contributed by atoms with Gasteiger partial charge in [-0.05, 0) is 18.6 Å². The SMILES string of the molecule is CC.O=C1CCCC(=O)N1c1ccc([N+](=O)[O-])cc1. The molecule has 1 saturated heterocycles. The van der Waals surface area contributed by atoms with Crippen LogP contribution in [0.4, 0.5) is 11.4 Å². The van der Waals surface area contributed by atoms with Crippen molar-refractivity contribution in [2.45, 2.75) is 33.1 Å². The van der Waals surface area contributed by atoms with Gasteiger partial charge >= 0.3 is 0 Å². The van der Waals surface area contributed by atoms with Crippen molar-refractivity contribution in [2.75, 3.05) is 4.90 Å². The molecule has 0 N–H and O–H groups in total. The van der Waals surface area contributed by atoms with Crippen molar-refractivity contribution in [1.29, 1.82) is 0 Å². The Labute approximate surface area is 111 Å². The summed E-state index contributed by atoms with van der Waals surface area (Å²) in [4.78, 5) is 34.2. The summed E-state index contributed by atoms with van der Waals surface area (Å²) < 4.78 is 0. The quantitative estimate of drug-likeness (QED) is 0.467. The summed E-state index contributed by atoms with van der Waals surface area (Å²) in [7, 11) is 0. The number of nitro benzene ring substituents is 1. The Hall–Kier alpha value is -2.24. The van der Waals surface area contributed by atoms with Crippen molar-refractivity contribution < 1.29 is 14.5 Å². The average molecular weight is 264 g/mol. The fraction of sp³-hybridized carbons (Fsp3) is 0.385. The van der Waals surface area contributed by atoms with E-state index in [4.69, 9.17) is 0 Å². The van der Waals surface area contributed by atoms with E-state index in [1.807, 2.05) is 13.8 Å². The van der Waals surface area contributed by atoms with Gasteiger partial charge < -0.3 is 0 Å². The molecule has 19 heavy (non-hydrogen) atoms. The summed E-state index contributed by atoms with van der Waals surface area (Å²) in [5, 5.41) is 10.5. The molecule has 0 aromatic heterocycles. The standard InChI is InChI=1S/C11H10N2O4.C2H6/c14-10-2-1-3-11(15)12(10)8-4-6-9(7-5-8)13(16)17;1-2/h4-7H,1-3H2;1-2H3. The summed E-state index contributed by atoms with van der Waals surface area (Å²) in [6.45, 7) is 4.00. The second-order valence-electron chi connectivity index (χ2n) is 3.75. The van der Waals surface area contributed by atoms with Crippen molar-refractivity contribution in [2.24, 2.45) is 0 Å². The van der Waals surface area contributed by atoms with E-state index >= 15 is 0 Å². The average Bonchev–Trinajstić information content (AvgIpc) is 2.41. The van der Waals surface area contributed by atoms with Gasteiger partial charge in [0.15, 0.2) is 0 Å². The Kier molecular flexibility index (Phi) is 5.17. The molecule has 0 unspecified atom stereocenters. The third kappa shape index (κ3) is 3.37. The number of piperidine rings is 1. The number of nitrogens with zero attached hydrogens (tertiary/aromatic N) is 2. The Balaban J connectivity index is 0.000000861. The molecule has 0 spiro atoms. The van der Waals surface area contributed by atoms with Gasteiger partial charge in [-0.3, -0.25) is 24.6 Å². The molecule has 0 saturated carbocycles. The predicted molar refractivity (Wildman–Crippen MR) is 70.8 cm³/mol. The molecular formula is C13H16N2O4. The number of rotatable bonds is 2. The third-order valence-electron chi connectivity index (χ3n) is 2.60. The molecule has 0 atom stereocenters. The number of non-ortho nitro benzene ring substituents is 1. The van der Waals surface area contributed by atoms with Gasteiger partial charge in [-0.25, -0.2) is 0 Å². The predicted octanol–water partition coefficient (Wildman–Crippen LogP) is 2.66. The largest absolute Gasteiger partial charge is 0.274 e. The molecule has 6 heteroatoms. The van der Waals surface area contributed by atoms with Gasteiger partial charge in [-0.2, -0.15) is 0 Å². The first-order chi connectivity index (χ1) is 9.09. The zero-order chi connectivity index (χ0) is 14.4. The van der Waals surface area contributed by atoms with Crippen LogP contribution in [0.15, 0.2) is 24.3 Å². The highest BCUT2D eigenvalue weighted by molar-refractivity contribution is 6.16. The molecule has 1 aromatic rings. The van der Waals surface area contributed by atoms with Crippen LogP contribution in [-0.2, 0) is 9.59 Å². The van der Waals surface area contributed by atoms with Gasteiger partial charge in [0.05, 0.1) is 10.6 Å². The fourth-order valence-electron chi connectivity index (χ4n) is 1.76. The van der Waals surface area contributed by atoms with E-state index in [0.717, 1.165) is 4.90 Å². The number of hydrogen-bond acceptors (Lipinski definition) is 4. The first-order valence-corrected chi connectivity index (χ1v) is 6.20. The maximum absolute atomic E-state index is 11.6. The van der Waals surface area contributed by atoms with E-state index in [1.54, 1.807) is 0 Å². The summed E-state index contributed by atoms with van der Waals surface area (Å²) >= 11 is 0. The van der Waals surface area contributed by atoms with Crippen molar-refractivity contribution in [3.63, 3.8) is 0 Å². The first kappa shape index (κ1) is 14.8. The van der Waals surface area contributed by atoms with Crippen LogP contribution in [0.1, 0.15) is 33.1 Å². The van der Waals surface area contributed by atoms with Gasteiger partial charge in [-0.15, -0.1) is 0 Å². The highest BCUT2D eigenvalue weighted by atomic mass is 16.6. The number of hydrogen-bond donors (Lipinski definition) is 0. The molecule has 1 fully saturated rings.